The SMILES string of the molecule is C[C@H](O)CN1CC[C@H](O)C(F)(F)C1. The monoisotopic (exact) mass is 195 g/mol. The molecule has 2 N–H and O–H groups in total. The summed E-state index contributed by atoms with van der Waals surface area (Å²) in [6.07, 6.45) is -2.07. The Balaban J connectivity index is 2.46. The van der Waals surface area contributed by atoms with Gasteiger partial charge in [-0.25, -0.2) is 8.78 Å². The Morgan fingerprint density at radius 3 is 2.69 bits per heavy atom. The second kappa shape index (κ2) is 3.86. The summed E-state index contributed by atoms with van der Waals surface area (Å²) >= 11 is 0. The van der Waals surface area contributed by atoms with Gasteiger partial charge in [0.1, 0.15) is 6.10 Å². The summed E-state index contributed by atoms with van der Waals surface area (Å²) in [4.78, 5) is 1.47. The molecule has 0 amide bonds. The first kappa shape index (κ1) is 10.8. The fourth-order valence-electron chi connectivity index (χ4n) is 1.53. The lowest BCUT2D eigenvalue weighted by atomic mass is 10.0. The Kier molecular flexibility index (Phi) is 3.21. The Hall–Kier alpha value is -0.260. The van der Waals surface area contributed by atoms with E-state index in [4.69, 9.17) is 10.2 Å². The molecule has 1 rings (SSSR count). The first-order valence-electron chi connectivity index (χ1n) is 4.38. The van der Waals surface area contributed by atoms with Gasteiger partial charge in [-0.15, -0.1) is 0 Å². The number of piperidine rings is 1. The van der Waals surface area contributed by atoms with Crippen LogP contribution in [0.1, 0.15) is 13.3 Å². The van der Waals surface area contributed by atoms with Crippen molar-refractivity contribution in [2.24, 2.45) is 0 Å². The molecular formula is C8H15F2NO2. The molecule has 0 aliphatic carbocycles. The van der Waals surface area contributed by atoms with Crippen molar-refractivity contribution >= 4 is 0 Å². The summed E-state index contributed by atoms with van der Waals surface area (Å²) in [7, 11) is 0. The molecule has 1 heterocycles. The maximum Gasteiger partial charge on any atom is 0.285 e. The third-order valence-electron chi connectivity index (χ3n) is 2.16. The van der Waals surface area contributed by atoms with E-state index in [9.17, 15) is 8.78 Å². The minimum atomic E-state index is -3.03. The zero-order chi connectivity index (χ0) is 10.1. The average Bonchev–Trinajstić information content (AvgIpc) is 1.95. The van der Waals surface area contributed by atoms with E-state index in [2.05, 4.69) is 0 Å². The highest BCUT2D eigenvalue weighted by Gasteiger charge is 2.43. The molecule has 5 heteroatoms. The van der Waals surface area contributed by atoms with Gasteiger partial charge >= 0.3 is 0 Å². The number of β-amino-alcohol motifs (C(OH)–C–C–N with tert-alkyl or cyclic N) is 1. The molecule has 0 unspecified atom stereocenters. The minimum Gasteiger partial charge on any atom is -0.392 e. The van der Waals surface area contributed by atoms with Crippen LogP contribution >= 0.6 is 0 Å². The van der Waals surface area contributed by atoms with Gasteiger partial charge in [-0.2, -0.15) is 0 Å². The van der Waals surface area contributed by atoms with E-state index in [1.807, 2.05) is 0 Å². The van der Waals surface area contributed by atoms with E-state index in [-0.39, 0.29) is 13.0 Å². The standard InChI is InChI=1S/C8H15F2NO2/c1-6(12)4-11-3-2-7(13)8(9,10)5-11/h6-7,12-13H,2-5H2,1H3/t6-,7-/m0/s1. The summed E-state index contributed by atoms with van der Waals surface area (Å²) in [6, 6.07) is 0. The number of aliphatic hydroxyl groups is 2. The van der Waals surface area contributed by atoms with Gasteiger partial charge in [0.05, 0.1) is 12.6 Å². The lowest BCUT2D eigenvalue weighted by molar-refractivity contribution is -0.152. The van der Waals surface area contributed by atoms with Crippen LogP contribution in [0.5, 0.6) is 0 Å². The number of hydrogen-bond donors (Lipinski definition) is 2. The zero-order valence-electron chi connectivity index (χ0n) is 7.58. The molecule has 0 saturated carbocycles. The largest absolute Gasteiger partial charge is 0.392 e. The van der Waals surface area contributed by atoms with Crippen LogP contribution < -0.4 is 0 Å². The van der Waals surface area contributed by atoms with Gasteiger partial charge in [-0.05, 0) is 13.3 Å². The Bertz CT molecular complexity index is 176. The fraction of sp³-hybridized carbons (Fsp3) is 1.00. The van der Waals surface area contributed by atoms with Crippen molar-refractivity contribution in [1.82, 2.24) is 4.90 Å². The summed E-state index contributed by atoms with van der Waals surface area (Å²) in [5.74, 6) is -3.03. The molecule has 3 nitrogen and oxygen atoms in total. The molecule has 0 bridgehead atoms. The number of hydrogen-bond acceptors (Lipinski definition) is 3. The highest BCUT2D eigenvalue weighted by atomic mass is 19.3. The number of rotatable bonds is 2. The van der Waals surface area contributed by atoms with Crippen molar-refractivity contribution in [3.8, 4) is 0 Å². The van der Waals surface area contributed by atoms with Gasteiger partial charge in [0.15, 0.2) is 0 Å². The second-order valence-corrected chi connectivity index (χ2v) is 3.65. The number of likely N-dealkylation sites (tertiary alicyclic amines) is 1. The summed E-state index contributed by atoms with van der Waals surface area (Å²) in [5, 5.41) is 17.9. The van der Waals surface area contributed by atoms with Crippen LogP contribution in [0.15, 0.2) is 0 Å². The van der Waals surface area contributed by atoms with Gasteiger partial charge in [-0.3, -0.25) is 4.90 Å². The molecule has 1 aliphatic heterocycles. The first-order valence-corrected chi connectivity index (χ1v) is 4.38. The molecule has 0 aromatic carbocycles. The highest BCUT2D eigenvalue weighted by Crippen LogP contribution is 2.26. The first-order chi connectivity index (χ1) is 5.92. The lowest BCUT2D eigenvalue weighted by Gasteiger charge is -2.36. The predicted molar refractivity (Wildman–Crippen MR) is 43.7 cm³/mol. The van der Waals surface area contributed by atoms with Gasteiger partial charge in [0.2, 0.25) is 0 Å². The van der Waals surface area contributed by atoms with E-state index in [1.165, 1.54) is 4.90 Å². The maximum absolute atomic E-state index is 12.9. The highest BCUT2D eigenvalue weighted by molar-refractivity contribution is 4.86. The van der Waals surface area contributed by atoms with Crippen LogP contribution in [-0.4, -0.2) is 52.9 Å². The number of nitrogens with zero attached hydrogens (tertiary/aromatic N) is 1. The maximum atomic E-state index is 12.9. The lowest BCUT2D eigenvalue weighted by Crippen LogP contribution is -2.52. The van der Waals surface area contributed by atoms with Crippen LogP contribution in [0.25, 0.3) is 0 Å². The Morgan fingerprint density at radius 1 is 1.62 bits per heavy atom. The summed E-state index contributed by atoms with van der Waals surface area (Å²) in [6.45, 7) is 1.76. The van der Waals surface area contributed by atoms with Gasteiger partial charge < -0.3 is 10.2 Å². The van der Waals surface area contributed by atoms with Crippen LogP contribution in [-0.2, 0) is 0 Å². The van der Waals surface area contributed by atoms with E-state index < -0.39 is 24.7 Å². The zero-order valence-corrected chi connectivity index (χ0v) is 7.58. The Morgan fingerprint density at radius 2 is 2.23 bits per heavy atom. The van der Waals surface area contributed by atoms with Crippen molar-refractivity contribution in [3.63, 3.8) is 0 Å². The second-order valence-electron chi connectivity index (χ2n) is 3.65. The molecule has 1 aliphatic rings. The van der Waals surface area contributed by atoms with Gasteiger partial charge in [-0.1, -0.05) is 0 Å². The van der Waals surface area contributed by atoms with Gasteiger partial charge in [0, 0.05) is 13.1 Å². The van der Waals surface area contributed by atoms with Crippen LogP contribution in [0.4, 0.5) is 8.78 Å². The average molecular weight is 195 g/mol. The van der Waals surface area contributed by atoms with E-state index in [0.29, 0.717) is 6.54 Å². The minimum absolute atomic E-state index is 0.0692. The van der Waals surface area contributed by atoms with Crippen molar-refractivity contribution in [2.45, 2.75) is 31.5 Å². The quantitative estimate of drug-likeness (QED) is 0.655. The fourth-order valence-corrected chi connectivity index (χ4v) is 1.53. The molecule has 1 fully saturated rings. The van der Waals surface area contributed by atoms with Crippen LogP contribution in [0.2, 0.25) is 0 Å². The van der Waals surface area contributed by atoms with Crippen molar-refractivity contribution in [2.75, 3.05) is 19.6 Å². The molecule has 13 heavy (non-hydrogen) atoms. The number of halogens is 2. The molecule has 1 saturated heterocycles. The topological polar surface area (TPSA) is 43.7 Å². The molecule has 0 aromatic heterocycles. The third-order valence-corrected chi connectivity index (χ3v) is 2.16. The van der Waals surface area contributed by atoms with E-state index in [0.717, 1.165) is 0 Å². The van der Waals surface area contributed by atoms with Gasteiger partial charge in [0.25, 0.3) is 5.92 Å². The van der Waals surface area contributed by atoms with Crippen molar-refractivity contribution < 1.29 is 19.0 Å². The molecule has 2 atom stereocenters. The van der Waals surface area contributed by atoms with Crippen LogP contribution in [0, 0.1) is 0 Å². The summed E-state index contributed by atoms with van der Waals surface area (Å²) < 4.78 is 25.9. The molecule has 0 spiro atoms. The van der Waals surface area contributed by atoms with Crippen LogP contribution in [0.3, 0.4) is 0 Å². The van der Waals surface area contributed by atoms with E-state index >= 15 is 0 Å². The van der Waals surface area contributed by atoms with Crippen molar-refractivity contribution in [1.29, 1.82) is 0 Å². The summed E-state index contributed by atoms with van der Waals surface area (Å²) in [5.41, 5.74) is 0. The smallest absolute Gasteiger partial charge is 0.285 e. The van der Waals surface area contributed by atoms with Crippen molar-refractivity contribution in [3.05, 3.63) is 0 Å². The predicted octanol–water partition coefficient (Wildman–Crippen LogP) is 0.0691. The molecular weight excluding hydrogens is 180 g/mol. The third kappa shape index (κ3) is 2.86. The molecule has 0 radical (unpaired) electrons. The number of alkyl halides is 2. The molecule has 78 valence electrons. The Labute approximate surface area is 76.0 Å². The van der Waals surface area contributed by atoms with E-state index in [1.54, 1.807) is 6.92 Å². The normalized spacial score (nSPS) is 31.6. The number of aliphatic hydroxyl groups excluding tert-OH is 2. The molecule has 0 aromatic rings.